The van der Waals surface area contributed by atoms with E-state index in [2.05, 4.69) is 31.3 Å². The van der Waals surface area contributed by atoms with E-state index in [0.29, 0.717) is 6.04 Å². The molecule has 2 nitrogen and oxygen atoms in total. The molecule has 0 saturated heterocycles. The minimum Gasteiger partial charge on any atom is -0.310 e. The molecule has 0 bridgehead atoms. The van der Waals surface area contributed by atoms with Crippen LogP contribution in [0.15, 0.2) is 23.1 Å². The van der Waals surface area contributed by atoms with Crippen LogP contribution in [0.1, 0.15) is 43.4 Å². The first-order valence-corrected chi connectivity index (χ1v) is 7.76. The van der Waals surface area contributed by atoms with Crippen LogP contribution >= 0.6 is 0 Å². The first-order chi connectivity index (χ1) is 8.22. The quantitative estimate of drug-likeness (QED) is 0.895. The van der Waals surface area contributed by atoms with Crippen molar-refractivity contribution in [1.82, 2.24) is 5.32 Å². The summed E-state index contributed by atoms with van der Waals surface area (Å²) < 4.78 is 12.1. The van der Waals surface area contributed by atoms with Gasteiger partial charge in [0.2, 0.25) is 0 Å². The van der Waals surface area contributed by atoms with E-state index in [1.165, 1.54) is 11.1 Å². The van der Waals surface area contributed by atoms with Gasteiger partial charge in [0, 0.05) is 16.7 Å². The van der Waals surface area contributed by atoms with Gasteiger partial charge in [-0.2, -0.15) is 0 Å². The molecule has 0 fully saturated rings. The Kier molecular flexibility index (Phi) is 4.35. The monoisotopic (exact) mass is 251 g/mol. The maximum Gasteiger partial charge on any atom is 0.0532 e. The van der Waals surface area contributed by atoms with Crippen LogP contribution in [-0.4, -0.2) is 16.5 Å². The number of benzene rings is 1. The van der Waals surface area contributed by atoms with E-state index in [1.807, 2.05) is 6.07 Å². The van der Waals surface area contributed by atoms with Crippen LogP contribution in [0.4, 0.5) is 0 Å². The number of hydrogen-bond donors (Lipinski definition) is 1. The lowest BCUT2D eigenvalue weighted by molar-refractivity contribution is 0.493. The predicted octanol–water partition coefficient (Wildman–Crippen LogP) is 2.94. The summed E-state index contributed by atoms with van der Waals surface area (Å²) in [5.41, 5.74) is 2.51. The molecular formula is C14H21NOS. The SMILES string of the molecule is CCCNC1CCCS(=O)c2ccc(C)cc21. The van der Waals surface area contributed by atoms with Crippen LogP contribution in [0.3, 0.4) is 0 Å². The molecule has 17 heavy (non-hydrogen) atoms. The van der Waals surface area contributed by atoms with Gasteiger partial charge in [0.15, 0.2) is 0 Å². The second-order valence-corrected chi connectivity index (χ2v) is 6.28. The summed E-state index contributed by atoms with van der Waals surface area (Å²) in [4.78, 5) is 1.04. The van der Waals surface area contributed by atoms with Gasteiger partial charge >= 0.3 is 0 Å². The van der Waals surface area contributed by atoms with E-state index < -0.39 is 10.8 Å². The van der Waals surface area contributed by atoms with Crippen molar-refractivity contribution in [3.8, 4) is 0 Å². The van der Waals surface area contributed by atoms with Crippen molar-refractivity contribution in [2.24, 2.45) is 0 Å². The van der Waals surface area contributed by atoms with Crippen molar-refractivity contribution in [1.29, 1.82) is 0 Å². The van der Waals surface area contributed by atoms with Gasteiger partial charge in [-0.25, -0.2) is 0 Å². The van der Waals surface area contributed by atoms with Crippen LogP contribution in [0.5, 0.6) is 0 Å². The first-order valence-electron chi connectivity index (χ1n) is 6.44. The Balaban J connectivity index is 2.34. The fraction of sp³-hybridized carbons (Fsp3) is 0.571. The summed E-state index contributed by atoms with van der Waals surface area (Å²) in [7, 11) is -0.807. The van der Waals surface area contributed by atoms with E-state index in [-0.39, 0.29) is 0 Å². The molecule has 1 heterocycles. The summed E-state index contributed by atoms with van der Waals surface area (Å²) in [6, 6.07) is 6.70. The van der Waals surface area contributed by atoms with Crippen LogP contribution in [0, 0.1) is 6.92 Å². The Hall–Kier alpha value is -0.670. The standard InChI is InChI=1S/C14H21NOS/c1-3-8-15-13-5-4-9-17(16)14-7-6-11(2)10-12(13)14/h6-7,10,13,15H,3-5,8-9H2,1-2H3. The molecule has 3 heteroatoms. The zero-order valence-corrected chi connectivity index (χ0v) is 11.5. The highest BCUT2D eigenvalue weighted by Crippen LogP contribution is 2.30. The lowest BCUT2D eigenvalue weighted by Gasteiger charge is -2.19. The van der Waals surface area contributed by atoms with Gasteiger partial charge in [0.05, 0.1) is 10.8 Å². The average molecular weight is 251 g/mol. The molecule has 1 N–H and O–H groups in total. The molecule has 0 amide bonds. The van der Waals surface area contributed by atoms with Gasteiger partial charge in [0.1, 0.15) is 0 Å². The molecule has 0 aromatic heterocycles. The summed E-state index contributed by atoms with van der Waals surface area (Å²) in [6.45, 7) is 5.31. The average Bonchev–Trinajstić information content (AvgIpc) is 2.46. The van der Waals surface area contributed by atoms with E-state index in [4.69, 9.17) is 0 Å². The number of aryl methyl sites for hydroxylation is 1. The molecule has 1 aliphatic rings. The van der Waals surface area contributed by atoms with Crippen LogP contribution < -0.4 is 5.32 Å². The van der Waals surface area contributed by atoms with Crippen LogP contribution in [-0.2, 0) is 10.8 Å². The number of nitrogens with one attached hydrogen (secondary N) is 1. The zero-order valence-electron chi connectivity index (χ0n) is 10.7. The lowest BCUT2D eigenvalue weighted by atomic mass is 10.0. The van der Waals surface area contributed by atoms with Gasteiger partial charge in [-0.15, -0.1) is 0 Å². The molecule has 94 valence electrons. The molecule has 1 aromatic rings. The Bertz CT molecular complexity index is 417. The number of fused-ring (bicyclic) bond motifs is 1. The lowest BCUT2D eigenvalue weighted by Crippen LogP contribution is -2.22. The minimum absolute atomic E-state index is 0.385. The summed E-state index contributed by atoms with van der Waals surface area (Å²) in [5.74, 6) is 0.806. The van der Waals surface area contributed by atoms with Crippen molar-refractivity contribution in [2.45, 2.75) is 44.0 Å². The Labute approximate surface area is 106 Å². The molecule has 1 aliphatic heterocycles. The molecular weight excluding hydrogens is 230 g/mol. The maximum atomic E-state index is 12.1. The van der Waals surface area contributed by atoms with Crippen LogP contribution in [0.2, 0.25) is 0 Å². The van der Waals surface area contributed by atoms with Gasteiger partial charge in [-0.05, 0) is 44.4 Å². The molecule has 0 saturated carbocycles. The molecule has 2 rings (SSSR count). The van der Waals surface area contributed by atoms with Crippen molar-refractivity contribution in [3.63, 3.8) is 0 Å². The first kappa shape index (κ1) is 12.8. The smallest absolute Gasteiger partial charge is 0.0532 e. The summed E-state index contributed by atoms with van der Waals surface area (Å²) >= 11 is 0. The number of hydrogen-bond acceptors (Lipinski definition) is 2. The normalized spacial score (nSPS) is 24.1. The maximum absolute atomic E-state index is 12.1. The highest BCUT2D eigenvalue weighted by Gasteiger charge is 2.21. The third-order valence-corrected chi connectivity index (χ3v) is 4.77. The largest absolute Gasteiger partial charge is 0.310 e. The zero-order chi connectivity index (χ0) is 12.3. The Morgan fingerprint density at radius 3 is 3.06 bits per heavy atom. The molecule has 0 spiro atoms. The van der Waals surface area contributed by atoms with Gasteiger partial charge in [0.25, 0.3) is 0 Å². The van der Waals surface area contributed by atoms with E-state index in [1.54, 1.807) is 0 Å². The highest BCUT2D eigenvalue weighted by atomic mass is 32.2. The van der Waals surface area contributed by atoms with Crippen molar-refractivity contribution in [2.75, 3.05) is 12.3 Å². The van der Waals surface area contributed by atoms with E-state index >= 15 is 0 Å². The third kappa shape index (κ3) is 2.96. The fourth-order valence-electron chi connectivity index (χ4n) is 2.36. The van der Waals surface area contributed by atoms with E-state index in [0.717, 1.165) is 36.5 Å². The second kappa shape index (κ2) is 5.78. The topological polar surface area (TPSA) is 29.1 Å². The number of rotatable bonds is 3. The highest BCUT2D eigenvalue weighted by molar-refractivity contribution is 7.85. The summed E-state index contributed by atoms with van der Waals surface area (Å²) in [5, 5.41) is 3.58. The molecule has 2 unspecified atom stereocenters. The van der Waals surface area contributed by atoms with Gasteiger partial charge < -0.3 is 5.32 Å². The van der Waals surface area contributed by atoms with Crippen molar-refractivity contribution >= 4 is 10.8 Å². The minimum atomic E-state index is -0.807. The van der Waals surface area contributed by atoms with Gasteiger partial charge in [-0.3, -0.25) is 4.21 Å². The molecule has 0 aliphatic carbocycles. The predicted molar refractivity (Wildman–Crippen MR) is 72.7 cm³/mol. The third-order valence-electron chi connectivity index (χ3n) is 3.25. The molecule has 2 atom stereocenters. The van der Waals surface area contributed by atoms with Crippen molar-refractivity contribution < 1.29 is 4.21 Å². The summed E-state index contributed by atoms with van der Waals surface area (Å²) in [6.07, 6.45) is 3.28. The van der Waals surface area contributed by atoms with Crippen LogP contribution in [0.25, 0.3) is 0 Å². The second-order valence-electron chi connectivity index (χ2n) is 4.74. The van der Waals surface area contributed by atoms with E-state index in [9.17, 15) is 4.21 Å². The van der Waals surface area contributed by atoms with Crippen molar-refractivity contribution in [3.05, 3.63) is 29.3 Å². The fourth-order valence-corrected chi connectivity index (χ4v) is 3.69. The van der Waals surface area contributed by atoms with Gasteiger partial charge in [-0.1, -0.05) is 24.6 Å². The molecule has 1 aromatic carbocycles. The molecule has 0 radical (unpaired) electrons. The Morgan fingerprint density at radius 2 is 2.29 bits per heavy atom. The Morgan fingerprint density at radius 1 is 1.47 bits per heavy atom.